The molecule has 1 aromatic carbocycles. The Morgan fingerprint density at radius 2 is 2.16 bits per heavy atom. The van der Waals surface area contributed by atoms with Crippen LogP contribution in [0.15, 0.2) is 30.5 Å². The number of hydrogen-bond acceptors (Lipinski definition) is 5. The molecule has 0 saturated carbocycles. The molecule has 6 heteroatoms. The van der Waals surface area contributed by atoms with Gasteiger partial charge in [0.05, 0.1) is 7.11 Å². The predicted octanol–water partition coefficient (Wildman–Crippen LogP) is 2.24. The van der Waals surface area contributed by atoms with E-state index in [9.17, 15) is 4.79 Å². The molecule has 1 amide bonds. The summed E-state index contributed by atoms with van der Waals surface area (Å²) >= 11 is 0. The number of piperidine rings is 1. The number of anilines is 1. The number of aromatic nitrogens is 2. The van der Waals surface area contributed by atoms with Gasteiger partial charge in [0.2, 0.25) is 0 Å². The highest BCUT2D eigenvalue weighted by atomic mass is 16.5. The summed E-state index contributed by atoms with van der Waals surface area (Å²) in [6.07, 6.45) is 2.53. The summed E-state index contributed by atoms with van der Waals surface area (Å²) in [6.45, 7) is 4.06. The average Bonchev–Trinajstić information content (AvgIpc) is 2.94. The molecule has 0 radical (unpaired) electrons. The van der Waals surface area contributed by atoms with Gasteiger partial charge in [-0.15, -0.1) is 0 Å². The number of likely N-dealkylation sites (tertiary alicyclic amines) is 1. The van der Waals surface area contributed by atoms with Crippen LogP contribution in [0.25, 0.3) is 0 Å². The monoisotopic (exact) mass is 338 g/mol. The Hall–Kier alpha value is -2.47. The van der Waals surface area contributed by atoms with E-state index in [-0.39, 0.29) is 18.0 Å². The summed E-state index contributed by atoms with van der Waals surface area (Å²) in [5.74, 6) is 0.268. The van der Waals surface area contributed by atoms with Crippen LogP contribution in [0.2, 0.25) is 0 Å². The normalized spacial score (nSPS) is 22.4. The summed E-state index contributed by atoms with van der Waals surface area (Å²) in [5.41, 5.74) is 3.88. The van der Waals surface area contributed by atoms with Gasteiger partial charge in [0.15, 0.2) is 0 Å². The minimum absolute atomic E-state index is 0.0807. The number of aryl methyl sites for hydroxylation is 1. The Bertz CT molecular complexity index is 823. The number of likely N-dealkylation sites (N-methyl/N-ethyl adjacent to an activating group) is 1. The van der Waals surface area contributed by atoms with E-state index in [4.69, 9.17) is 4.74 Å². The van der Waals surface area contributed by atoms with Crippen LogP contribution in [0.1, 0.15) is 34.0 Å². The van der Waals surface area contributed by atoms with E-state index in [1.165, 1.54) is 18.2 Å². The minimum Gasteiger partial charge on any atom is -0.467 e. The van der Waals surface area contributed by atoms with Crippen LogP contribution >= 0.6 is 0 Å². The highest BCUT2D eigenvalue weighted by molar-refractivity contribution is 6.07. The quantitative estimate of drug-likeness (QED) is 0.840. The molecule has 2 unspecified atom stereocenters. The third-order valence-corrected chi connectivity index (χ3v) is 5.21. The van der Waals surface area contributed by atoms with Crippen molar-refractivity contribution in [1.29, 1.82) is 0 Å². The van der Waals surface area contributed by atoms with Crippen LogP contribution in [0.4, 0.5) is 5.69 Å². The van der Waals surface area contributed by atoms with E-state index < -0.39 is 0 Å². The van der Waals surface area contributed by atoms with Gasteiger partial charge in [-0.1, -0.05) is 17.7 Å². The fraction of sp³-hybridized carbons (Fsp3) is 0.421. The van der Waals surface area contributed by atoms with Gasteiger partial charge in [-0.2, -0.15) is 4.98 Å². The summed E-state index contributed by atoms with van der Waals surface area (Å²) < 4.78 is 5.07. The zero-order valence-electron chi connectivity index (χ0n) is 14.8. The fourth-order valence-electron chi connectivity index (χ4n) is 4.03. The van der Waals surface area contributed by atoms with Gasteiger partial charge in [0, 0.05) is 30.4 Å². The molecule has 0 bridgehead atoms. The molecule has 130 valence electrons. The van der Waals surface area contributed by atoms with Gasteiger partial charge in [-0.25, -0.2) is 4.98 Å². The summed E-state index contributed by atoms with van der Waals surface area (Å²) in [4.78, 5) is 25.8. The maximum atomic E-state index is 13.3. The van der Waals surface area contributed by atoms with Gasteiger partial charge >= 0.3 is 6.01 Å². The molecule has 0 N–H and O–H groups in total. The highest BCUT2D eigenvalue weighted by Gasteiger charge is 2.44. The number of hydrogen-bond donors (Lipinski definition) is 0. The lowest BCUT2D eigenvalue weighted by Gasteiger charge is -2.36. The standard InChI is InChI=1S/C19H22N4O2/c1-12-4-5-16-13(10-12)14-11-22(2)9-7-17(14)23(16)18(24)15-6-8-20-19(21-15)25-3/h4-6,8,10,14,17H,7,9,11H2,1-3H3. The van der Waals surface area contributed by atoms with Crippen molar-refractivity contribution in [2.45, 2.75) is 25.3 Å². The van der Waals surface area contributed by atoms with Crippen LogP contribution in [0.5, 0.6) is 6.01 Å². The van der Waals surface area contributed by atoms with Crippen LogP contribution in [0, 0.1) is 6.92 Å². The second-order valence-electron chi connectivity index (χ2n) is 6.89. The summed E-state index contributed by atoms with van der Waals surface area (Å²) in [6, 6.07) is 8.41. The van der Waals surface area contributed by atoms with Crippen molar-refractivity contribution >= 4 is 11.6 Å². The number of benzene rings is 1. The number of carbonyl (C=O) groups is 1. The largest absolute Gasteiger partial charge is 0.467 e. The average molecular weight is 338 g/mol. The van der Waals surface area contributed by atoms with Gasteiger partial charge in [0.25, 0.3) is 5.91 Å². The van der Waals surface area contributed by atoms with E-state index in [2.05, 4.69) is 47.0 Å². The van der Waals surface area contributed by atoms with Gasteiger partial charge < -0.3 is 14.5 Å². The maximum Gasteiger partial charge on any atom is 0.316 e. The van der Waals surface area contributed by atoms with E-state index in [1.807, 2.05) is 4.90 Å². The molecule has 25 heavy (non-hydrogen) atoms. The number of ether oxygens (including phenoxy) is 1. The van der Waals surface area contributed by atoms with Crippen molar-refractivity contribution < 1.29 is 9.53 Å². The number of fused-ring (bicyclic) bond motifs is 3. The van der Waals surface area contributed by atoms with Gasteiger partial charge in [-0.05, 0) is 44.6 Å². The summed E-state index contributed by atoms with van der Waals surface area (Å²) in [5, 5.41) is 0. The Morgan fingerprint density at radius 3 is 2.96 bits per heavy atom. The molecule has 2 aliphatic heterocycles. The molecule has 2 aromatic rings. The van der Waals surface area contributed by atoms with E-state index >= 15 is 0 Å². The van der Waals surface area contributed by atoms with Crippen LogP contribution in [-0.2, 0) is 0 Å². The molecule has 6 nitrogen and oxygen atoms in total. The zero-order chi connectivity index (χ0) is 17.6. The van der Waals surface area contributed by atoms with Crippen molar-refractivity contribution in [3.8, 4) is 6.01 Å². The van der Waals surface area contributed by atoms with Crippen molar-refractivity contribution in [2.75, 3.05) is 32.1 Å². The third-order valence-electron chi connectivity index (χ3n) is 5.21. The molecule has 1 saturated heterocycles. The molecule has 1 aromatic heterocycles. The molecule has 1 fully saturated rings. The van der Waals surface area contributed by atoms with Crippen LogP contribution < -0.4 is 9.64 Å². The first-order chi connectivity index (χ1) is 12.1. The minimum atomic E-state index is -0.0807. The number of amides is 1. The Labute approximate surface area is 147 Å². The third kappa shape index (κ3) is 2.66. The molecule has 4 rings (SSSR count). The lowest BCUT2D eigenvalue weighted by molar-refractivity contribution is 0.0958. The molecular weight excluding hydrogens is 316 g/mol. The molecule has 0 aliphatic carbocycles. The van der Waals surface area contributed by atoms with Crippen molar-refractivity contribution in [1.82, 2.24) is 14.9 Å². The van der Waals surface area contributed by atoms with E-state index in [1.54, 1.807) is 12.3 Å². The van der Waals surface area contributed by atoms with Gasteiger partial charge in [0.1, 0.15) is 5.69 Å². The smallest absolute Gasteiger partial charge is 0.316 e. The van der Waals surface area contributed by atoms with Crippen molar-refractivity contribution in [3.63, 3.8) is 0 Å². The predicted molar refractivity (Wildman–Crippen MR) is 95.2 cm³/mol. The Balaban J connectivity index is 1.77. The fourth-order valence-corrected chi connectivity index (χ4v) is 4.03. The molecule has 2 aliphatic rings. The molecule has 2 atom stereocenters. The van der Waals surface area contributed by atoms with Gasteiger partial charge in [-0.3, -0.25) is 4.79 Å². The van der Waals surface area contributed by atoms with E-state index in [0.717, 1.165) is 25.2 Å². The molecule has 0 spiro atoms. The maximum absolute atomic E-state index is 13.3. The number of carbonyl (C=O) groups excluding carboxylic acids is 1. The topological polar surface area (TPSA) is 58.6 Å². The Kier molecular flexibility index (Phi) is 3.92. The first-order valence-electron chi connectivity index (χ1n) is 8.58. The molecular formula is C19H22N4O2. The Morgan fingerprint density at radius 1 is 1.32 bits per heavy atom. The summed E-state index contributed by atoms with van der Waals surface area (Å²) in [7, 11) is 3.65. The SMILES string of the molecule is COc1nccc(C(=O)N2c3ccc(C)cc3C3CN(C)CCC32)n1. The lowest BCUT2D eigenvalue weighted by Crippen LogP contribution is -2.47. The van der Waals surface area contributed by atoms with Crippen molar-refractivity contribution in [2.24, 2.45) is 0 Å². The van der Waals surface area contributed by atoms with Crippen molar-refractivity contribution in [3.05, 3.63) is 47.3 Å². The van der Waals surface area contributed by atoms with E-state index in [0.29, 0.717) is 11.6 Å². The zero-order valence-corrected chi connectivity index (χ0v) is 14.8. The second-order valence-corrected chi connectivity index (χ2v) is 6.89. The second kappa shape index (κ2) is 6.11. The van der Waals surface area contributed by atoms with Crippen LogP contribution in [-0.4, -0.2) is 54.1 Å². The number of nitrogens with zero attached hydrogens (tertiary/aromatic N) is 4. The lowest BCUT2D eigenvalue weighted by atomic mass is 9.89. The first-order valence-corrected chi connectivity index (χ1v) is 8.58. The molecule has 3 heterocycles. The number of methoxy groups -OCH3 is 1. The number of rotatable bonds is 2. The van der Waals surface area contributed by atoms with Crippen LogP contribution in [0.3, 0.4) is 0 Å². The first kappa shape index (κ1) is 16.0. The highest BCUT2D eigenvalue weighted by Crippen LogP contribution is 2.45.